The third-order valence-corrected chi connectivity index (χ3v) is 10.5. The number of rotatable bonds is 4. The lowest BCUT2D eigenvalue weighted by atomic mass is 10.0. The second-order valence-corrected chi connectivity index (χ2v) is 12.3. The van der Waals surface area contributed by atoms with Gasteiger partial charge in [-0.25, -0.2) is 4.98 Å². The Morgan fingerprint density at radius 2 is 1.56 bits per heavy atom. The molecular formula is C26H43N3OPS+. The van der Waals surface area contributed by atoms with Crippen molar-refractivity contribution in [1.29, 1.82) is 0 Å². The summed E-state index contributed by atoms with van der Waals surface area (Å²) in [6.45, 7) is 7.24. The molecule has 4 nitrogen and oxygen atoms in total. The lowest BCUT2D eigenvalue weighted by molar-refractivity contribution is -0.628. The quantitative estimate of drug-likeness (QED) is 0.521. The maximum absolute atomic E-state index is 13.0. The highest BCUT2D eigenvalue weighted by molar-refractivity contribution is 7.73. The molecule has 1 aromatic heterocycles. The van der Waals surface area contributed by atoms with Gasteiger partial charge in [-0.1, -0.05) is 51.9 Å². The number of hydrogen-bond donors (Lipinski definition) is 1. The van der Waals surface area contributed by atoms with Crippen LogP contribution < -0.4 is 9.94 Å². The number of thiazole rings is 1. The van der Waals surface area contributed by atoms with Gasteiger partial charge in [0, 0.05) is 21.0 Å². The molecule has 0 bridgehead atoms. The molecule has 1 saturated carbocycles. The van der Waals surface area contributed by atoms with Crippen LogP contribution in [0.15, 0.2) is 0 Å². The summed E-state index contributed by atoms with van der Waals surface area (Å²) in [5.74, 6) is 0.424. The smallest absolute Gasteiger partial charge is 0.236 e. The molecule has 178 valence electrons. The average Bonchev–Trinajstić information content (AvgIpc) is 3.50. The van der Waals surface area contributed by atoms with E-state index in [4.69, 9.17) is 4.98 Å². The minimum Gasteiger partial charge on any atom is -0.342 e. The molecule has 3 aliphatic rings. The molecule has 32 heavy (non-hydrogen) atoms. The highest BCUT2D eigenvalue weighted by Gasteiger charge is 2.41. The predicted molar refractivity (Wildman–Crippen MR) is 141 cm³/mol. The van der Waals surface area contributed by atoms with Crippen molar-refractivity contribution in [3.63, 3.8) is 0 Å². The van der Waals surface area contributed by atoms with E-state index >= 15 is 0 Å². The number of nitrogens with zero attached hydrogens (tertiary/aromatic N) is 2. The Labute approximate surface area is 202 Å². The topological polar surface area (TPSA) is 49.8 Å². The first-order chi connectivity index (χ1) is 15.7. The minimum absolute atomic E-state index is 0.226. The number of amides is 1. The van der Waals surface area contributed by atoms with E-state index in [0.717, 1.165) is 43.8 Å². The lowest BCUT2D eigenvalue weighted by Gasteiger charge is -2.29. The van der Waals surface area contributed by atoms with Gasteiger partial charge in [-0.2, -0.15) is 0 Å². The van der Waals surface area contributed by atoms with Crippen LogP contribution in [-0.4, -0.2) is 47.4 Å². The number of aryl methyl sites for hydroxylation is 2. The van der Waals surface area contributed by atoms with Crippen molar-refractivity contribution in [2.45, 2.75) is 90.1 Å². The molecule has 4 rings (SSSR count). The molecule has 3 fully saturated rings. The molecule has 2 N–H and O–H groups in total. The summed E-state index contributed by atoms with van der Waals surface area (Å²) in [6, 6.07) is 0. The zero-order valence-corrected chi connectivity index (χ0v) is 21.9. The number of hydrogen-bond acceptors (Lipinski definition) is 3. The van der Waals surface area contributed by atoms with Crippen LogP contribution in [0.3, 0.4) is 0 Å². The van der Waals surface area contributed by atoms with E-state index < -0.39 is 0 Å². The molecule has 3 heterocycles. The highest BCUT2D eigenvalue weighted by Crippen LogP contribution is 2.44. The van der Waals surface area contributed by atoms with Crippen molar-refractivity contribution >= 4 is 29.8 Å². The molecule has 2 atom stereocenters. The molecule has 0 spiro atoms. The van der Waals surface area contributed by atoms with Gasteiger partial charge in [0.05, 0.1) is 28.2 Å². The van der Waals surface area contributed by atoms with Crippen molar-refractivity contribution in [2.24, 2.45) is 0 Å². The first-order valence-electron chi connectivity index (χ1n) is 12.2. The van der Waals surface area contributed by atoms with Crippen LogP contribution in [0.2, 0.25) is 0 Å². The van der Waals surface area contributed by atoms with Gasteiger partial charge in [-0.15, -0.1) is 37.0 Å². The zero-order valence-electron chi connectivity index (χ0n) is 20.2. The van der Waals surface area contributed by atoms with E-state index in [-0.39, 0.29) is 13.6 Å². The monoisotopic (exact) mass is 476 g/mol. The number of likely N-dealkylation sites (tertiary alicyclic amines) is 1. The number of aromatic nitrogens is 1. The molecule has 1 amide bonds. The Balaban J connectivity index is 0.000000432. The molecule has 0 radical (unpaired) electrons. The van der Waals surface area contributed by atoms with E-state index in [1.54, 1.807) is 0 Å². The summed E-state index contributed by atoms with van der Waals surface area (Å²) in [5, 5.41) is 3.51. The predicted octanol–water partition coefficient (Wildman–Crippen LogP) is 4.27. The van der Waals surface area contributed by atoms with Gasteiger partial charge in [0.1, 0.15) is 5.66 Å². The van der Waals surface area contributed by atoms with Gasteiger partial charge < -0.3 is 10.2 Å². The number of carbonyl (C=O) groups excluding carboxylic acids is 1. The molecule has 6 heteroatoms. The second kappa shape index (κ2) is 17.1. The Morgan fingerprint density at radius 1 is 1.03 bits per heavy atom. The maximum Gasteiger partial charge on any atom is 0.236 e. The zero-order chi connectivity index (χ0) is 23.8. The van der Waals surface area contributed by atoms with Crippen LogP contribution in [0.4, 0.5) is 0 Å². The van der Waals surface area contributed by atoms with Crippen molar-refractivity contribution in [1.82, 2.24) is 9.88 Å². The fourth-order valence-electron chi connectivity index (χ4n) is 4.55. The molecule has 2 saturated heterocycles. The van der Waals surface area contributed by atoms with E-state index in [2.05, 4.69) is 49.8 Å². The molecule has 1 aliphatic carbocycles. The molecular weight excluding hydrogens is 433 g/mol. The van der Waals surface area contributed by atoms with Crippen LogP contribution >= 0.6 is 19.3 Å². The van der Waals surface area contributed by atoms with Gasteiger partial charge in [-0.3, -0.25) is 4.79 Å². The van der Waals surface area contributed by atoms with Crippen molar-refractivity contribution < 1.29 is 10.1 Å². The van der Waals surface area contributed by atoms with E-state index in [9.17, 15) is 4.79 Å². The SMILES string of the molecule is C#C.C#C.C1CCCCC1.CCCc1nc(C)sc1[P@@]1C[NH2+]CC1C(=O)N1CCCCC1. The fourth-order valence-corrected chi connectivity index (χ4v) is 9.18. The third-order valence-electron chi connectivity index (χ3n) is 6.08. The van der Waals surface area contributed by atoms with Gasteiger partial charge in [0.25, 0.3) is 0 Å². The van der Waals surface area contributed by atoms with Gasteiger partial charge in [0.2, 0.25) is 5.91 Å². The molecule has 1 unspecified atom stereocenters. The first kappa shape index (κ1) is 28.6. The van der Waals surface area contributed by atoms with Crippen LogP contribution in [-0.2, 0) is 11.2 Å². The fraction of sp³-hybridized carbons (Fsp3) is 0.692. The second-order valence-electron chi connectivity index (χ2n) is 8.43. The number of nitrogens with two attached hydrogens (primary N) is 1. The van der Waals surface area contributed by atoms with E-state index in [0.29, 0.717) is 5.91 Å². The number of piperidine rings is 1. The number of terminal acetylenes is 2. The summed E-state index contributed by atoms with van der Waals surface area (Å²) in [6.07, 6.45) is 31.9. The normalized spacial score (nSPS) is 22.2. The Kier molecular flexibility index (Phi) is 15.3. The number of carbonyl (C=O) groups is 1. The largest absolute Gasteiger partial charge is 0.342 e. The summed E-state index contributed by atoms with van der Waals surface area (Å²) >= 11 is 1.85. The van der Waals surface area contributed by atoms with Gasteiger partial charge >= 0.3 is 0 Å². The van der Waals surface area contributed by atoms with Gasteiger partial charge in [0.15, 0.2) is 0 Å². The van der Waals surface area contributed by atoms with Crippen LogP contribution in [0.1, 0.15) is 81.8 Å². The molecule has 0 aromatic carbocycles. The Morgan fingerprint density at radius 3 is 2.09 bits per heavy atom. The lowest BCUT2D eigenvalue weighted by Crippen LogP contribution is -2.81. The van der Waals surface area contributed by atoms with Crippen molar-refractivity contribution in [3.8, 4) is 25.7 Å². The summed E-state index contributed by atoms with van der Waals surface area (Å²) in [7, 11) is -0.370. The minimum atomic E-state index is -0.370. The molecule has 2 aliphatic heterocycles. The average molecular weight is 477 g/mol. The highest BCUT2D eigenvalue weighted by atomic mass is 32.1. The maximum atomic E-state index is 13.0. The standard InChI is InChI=1S/C16H26N3OPS.C6H12.2C2H2/c1-3-7-13-16(22-12(2)18-13)21-11-17-10-14(21)15(20)19-8-5-4-6-9-19;1-2-4-6-5-3-1;2*1-2/h14,17H,3-11H2,1-2H3;1-6H2;2*1-2H/p+1/t14?,21-;;;/m0.../s1. The van der Waals surface area contributed by atoms with Gasteiger partial charge in [-0.05, 0) is 32.6 Å². The Hall–Kier alpha value is -1.39. The Bertz CT molecular complexity index is 672. The van der Waals surface area contributed by atoms with Crippen molar-refractivity contribution in [2.75, 3.05) is 25.9 Å². The van der Waals surface area contributed by atoms with E-state index in [1.165, 1.54) is 68.1 Å². The summed E-state index contributed by atoms with van der Waals surface area (Å²) in [4.78, 5) is 19.8. The van der Waals surface area contributed by atoms with Crippen molar-refractivity contribution in [3.05, 3.63) is 10.7 Å². The van der Waals surface area contributed by atoms with Crippen LogP contribution in [0.25, 0.3) is 0 Å². The number of quaternary nitrogens is 1. The van der Waals surface area contributed by atoms with Crippen LogP contribution in [0, 0.1) is 32.6 Å². The first-order valence-corrected chi connectivity index (χ1v) is 14.6. The van der Waals surface area contributed by atoms with Crippen LogP contribution in [0.5, 0.6) is 0 Å². The summed E-state index contributed by atoms with van der Waals surface area (Å²) in [5.41, 5.74) is 1.51. The molecule has 1 aromatic rings. The van der Waals surface area contributed by atoms with E-state index in [1.807, 2.05) is 11.3 Å². The summed E-state index contributed by atoms with van der Waals surface area (Å²) < 4.78 is 1.46. The third kappa shape index (κ3) is 8.86.